The van der Waals surface area contributed by atoms with Gasteiger partial charge in [-0.2, -0.15) is 0 Å². The van der Waals surface area contributed by atoms with Gasteiger partial charge in [0.2, 0.25) is 0 Å². The first kappa shape index (κ1) is 15.5. The van der Waals surface area contributed by atoms with Gasteiger partial charge in [0, 0.05) is 25.1 Å². The Hall–Kier alpha value is -2.79. The van der Waals surface area contributed by atoms with E-state index in [2.05, 4.69) is 4.90 Å². The molecule has 1 aliphatic carbocycles. The summed E-state index contributed by atoms with van der Waals surface area (Å²) in [6.45, 7) is 2.88. The van der Waals surface area contributed by atoms with Crippen LogP contribution in [0.15, 0.2) is 56.3 Å². The van der Waals surface area contributed by atoms with Crippen LogP contribution in [-0.4, -0.2) is 26.3 Å². The number of ether oxygens (including phenoxy) is 1. The Bertz CT molecular complexity index is 997. The van der Waals surface area contributed by atoms with Crippen molar-refractivity contribution in [2.75, 3.05) is 31.2 Å². The van der Waals surface area contributed by atoms with Crippen LogP contribution in [0.25, 0.3) is 22.5 Å². The number of furan rings is 1. The molecule has 0 atom stereocenters. The number of anilines is 1. The van der Waals surface area contributed by atoms with Crippen molar-refractivity contribution in [2.24, 2.45) is 0 Å². The zero-order valence-electron chi connectivity index (χ0n) is 14.4. The maximum atomic E-state index is 13.0. The lowest BCUT2D eigenvalue weighted by molar-refractivity contribution is 0.122. The molecule has 0 spiro atoms. The molecule has 5 rings (SSSR count). The molecule has 1 saturated heterocycles. The zero-order valence-corrected chi connectivity index (χ0v) is 14.4. The van der Waals surface area contributed by atoms with Crippen LogP contribution in [0.3, 0.4) is 0 Å². The van der Waals surface area contributed by atoms with Crippen LogP contribution in [0.4, 0.5) is 5.69 Å². The van der Waals surface area contributed by atoms with Gasteiger partial charge in [-0.1, -0.05) is 30.3 Å². The summed E-state index contributed by atoms with van der Waals surface area (Å²) < 4.78 is 16.9. The van der Waals surface area contributed by atoms with Crippen LogP contribution in [0.1, 0.15) is 11.3 Å². The molecule has 5 heteroatoms. The van der Waals surface area contributed by atoms with Gasteiger partial charge in [0.25, 0.3) is 0 Å². The van der Waals surface area contributed by atoms with Crippen LogP contribution >= 0.6 is 0 Å². The molecule has 3 heterocycles. The molecule has 2 aliphatic rings. The highest BCUT2D eigenvalue weighted by Gasteiger charge is 2.30. The lowest BCUT2D eigenvalue weighted by Crippen LogP contribution is -2.38. The molecule has 26 heavy (non-hydrogen) atoms. The maximum Gasteiger partial charge on any atom is 0.346 e. The van der Waals surface area contributed by atoms with Gasteiger partial charge < -0.3 is 18.5 Å². The first-order valence-electron chi connectivity index (χ1n) is 8.98. The van der Waals surface area contributed by atoms with Crippen LogP contribution in [0, 0.1) is 0 Å². The third kappa shape index (κ3) is 2.39. The van der Waals surface area contributed by atoms with Gasteiger partial charge in [-0.15, -0.1) is 0 Å². The second-order valence-electron chi connectivity index (χ2n) is 6.64. The third-order valence-electron chi connectivity index (χ3n) is 5.18. The molecular weight excluding hydrogens is 330 g/mol. The van der Waals surface area contributed by atoms with Crippen molar-refractivity contribution in [3.8, 4) is 22.5 Å². The van der Waals surface area contributed by atoms with Crippen molar-refractivity contribution < 1.29 is 13.6 Å². The Morgan fingerprint density at radius 3 is 2.58 bits per heavy atom. The predicted molar refractivity (Wildman–Crippen MR) is 98.6 cm³/mol. The Labute approximate surface area is 150 Å². The lowest BCUT2D eigenvalue weighted by atomic mass is 9.90. The minimum atomic E-state index is -0.300. The number of hydrogen-bond donors (Lipinski definition) is 0. The second-order valence-corrected chi connectivity index (χ2v) is 6.64. The number of benzene rings is 1. The van der Waals surface area contributed by atoms with E-state index in [1.165, 1.54) is 0 Å². The molecule has 1 aromatic carbocycles. The van der Waals surface area contributed by atoms with E-state index in [-0.39, 0.29) is 5.63 Å². The quantitative estimate of drug-likeness (QED) is 0.709. The minimum Gasteiger partial charge on any atom is -0.469 e. The summed E-state index contributed by atoms with van der Waals surface area (Å²) in [5, 5.41) is 0. The Kier molecular flexibility index (Phi) is 3.68. The first-order valence-corrected chi connectivity index (χ1v) is 8.98. The lowest BCUT2D eigenvalue weighted by Gasteiger charge is -2.33. The van der Waals surface area contributed by atoms with E-state index in [0.29, 0.717) is 24.5 Å². The molecule has 0 N–H and O–H groups in total. The van der Waals surface area contributed by atoms with Crippen molar-refractivity contribution in [1.29, 1.82) is 0 Å². The van der Waals surface area contributed by atoms with Crippen LogP contribution < -0.4 is 10.5 Å². The van der Waals surface area contributed by atoms with Crippen molar-refractivity contribution >= 4 is 5.69 Å². The maximum absolute atomic E-state index is 13.0. The van der Waals surface area contributed by atoms with E-state index >= 15 is 0 Å². The Balaban J connectivity index is 1.80. The number of morpholine rings is 1. The number of fused-ring (bicyclic) bond motifs is 3. The summed E-state index contributed by atoms with van der Waals surface area (Å²) in [6.07, 6.45) is 3.28. The third-order valence-corrected chi connectivity index (χ3v) is 5.18. The smallest absolute Gasteiger partial charge is 0.346 e. The van der Waals surface area contributed by atoms with Gasteiger partial charge in [-0.05, 0) is 18.1 Å². The number of hydrogen-bond acceptors (Lipinski definition) is 5. The fourth-order valence-corrected chi connectivity index (χ4v) is 3.98. The number of aryl methyl sites for hydroxylation is 1. The molecule has 0 amide bonds. The van der Waals surface area contributed by atoms with E-state index in [4.69, 9.17) is 13.6 Å². The second kappa shape index (κ2) is 6.18. The molecule has 132 valence electrons. The Morgan fingerprint density at radius 1 is 0.962 bits per heavy atom. The van der Waals surface area contributed by atoms with E-state index in [9.17, 15) is 4.79 Å². The fourth-order valence-electron chi connectivity index (χ4n) is 3.98. The molecular formula is C21H19NO4. The van der Waals surface area contributed by atoms with Gasteiger partial charge in [0.1, 0.15) is 11.5 Å². The van der Waals surface area contributed by atoms with Crippen molar-refractivity contribution in [3.63, 3.8) is 0 Å². The van der Waals surface area contributed by atoms with Crippen molar-refractivity contribution in [2.45, 2.75) is 12.8 Å². The van der Waals surface area contributed by atoms with Crippen molar-refractivity contribution in [3.05, 3.63) is 64.4 Å². The largest absolute Gasteiger partial charge is 0.469 e. The van der Waals surface area contributed by atoms with Crippen molar-refractivity contribution in [1.82, 2.24) is 0 Å². The molecule has 1 fully saturated rings. The molecule has 3 aromatic rings. The SMILES string of the molecule is O=c1oc2c(c(N3CCOCC3)c1-c1ccccc1)CCc1occc1-2. The van der Waals surface area contributed by atoms with Gasteiger partial charge in [-0.3, -0.25) is 0 Å². The van der Waals surface area contributed by atoms with Crippen LogP contribution in [-0.2, 0) is 17.6 Å². The van der Waals surface area contributed by atoms with E-state index < -0.39 is 0 Å². The molecule has 0 radical (unpaired) electrons. The fraction of sp³-hybridized carbons (Fsp3) is 0.286. The van der Waals surface area contributed by atoms with E-state index in [0.717, 1.165) is 54.1 Å². The number of nitrogens with zero attached hydrogens (tertiary/aromatic N) is 1. The monoisotopic (exact) mass is 349 g/mol. The number of rotatable bonds is 2. The van der Waals surface area contributed by atoms with Gasteiger partial charge in [0.05, 0.1) is 36.3 Å². The summed E-state index contributed by atoms with van der Waals surface area (Å²) in [4.78, 5) is 15.3. The topological polar surface area (TPSA) is 55.8 Å². The summed E-state index contributed by atoms with van der Waals surface area (Å²) in [5.74, 6) is 1.55. The highest BCUT2D eigenvalue weighted by Crippen LogP contribution is 2.42. The summed E-state index contributed by atoms with van der Waals surface area (Å²) in [5.41, 5.74) is 4.24. The normalized spacial score (nSPS) is 16.2. The van der Waals surface area contributed by atoms with E-state index in [1.807, 2.05) is 36.4 Å². The van der Waals surface area contributed by atoms with E-state index in [1.54, 1.807) is 6.26 Å². The van der Waals surface area contributed by atoms with Gasteiger partial charge in [-0.25, -0.2) is 4.79 Å². The molecule has 1 aliphatic heterocycles. The Morgan fingerprint density at radius 2 is 1.77 bits per heavy atom. The molecule has 2 aromatic heterocycles. The highest BCUT2D eigenvalue weighted by atomic mass is 16.5. The molecule has 0 unspecified atom stereocenters. The highest BCUT2D eigenvalue weighted by molar-refractivity contribution is 5.85. The average Bonchev–Trinajstić information content (AvgIpc) is 3.18. The average molecular weight is 349 g/mol. The zero-order chi connectivity index (χ0) is 17.5. The summed E-state index contributed by atoms with van der Waals surface area (Å²) >= 11 is 0. The van der Waals surface area contributed by atoms with Crippen LogP contribution in [0.5, 0.6) is 0 Å². The summed E-state index contributed by atoms with van der Waals surface area (Å²) in [6, 6.07) is 11.7. The van der Waals surface area contributed by atoms with Gasteiger partial charge >= 0.3 is 5.63 Å². The molecule has 5 nitrogen and oxygen atoms in total. The first-order chi connectivity index (χ1) is 12.8. The molecule has 0 saturated carbocycles. The minimum absolute atomic E-state index is 0.300. The predicted octanol–water partition coefficient (Wildman–Crippen LogP) is 3.50. The molecule has 0 bridgehead atoms. The summed E-state index contributed by atoms with van der Waals surface area (Å²) in [7, 11) is 0. The standard InChI is InChI=1S/C21H19NO4/c23-21-18(14-4-2-1-3-5-14)19(22-9-12-24-13-10-22)16-6-7-17-15(8-11-25-17)20(16)26-21/h1-5,8,11H,6-7,9-10,12-13H2. The van der Waals surface area contributed by atoms with Gasteiger partial charge in [0.15, 0.2) is 0 Å². The van der Waals surface area contributed by atoms with Crippen LogP contribution in [0.2, 0.25) is 0 Å².